The van der Waals surface area contributed by atoms with Crippen molar-refractivity contribution < 1.29 is 0 Å². The Bertz CT molecular complexity index is 98.8. The molecular formula is C6H11NS. The first-order valence-corrected chi connectivity index (χ1v) is 3.10. The summed E-state index contributed by atoms with van der Waals surface area (Å²) in [7, 11) is 0. The maximum absolute atomic E-state index is 4.09. The van der Waals surface area contributed by atoms with Crippen LogP contribution in [0.5, 0.6) is 0 Å². The van der Waals surface area contributed by atoms with Gasteiger partial charge in [0.25, 0.3) is 0 Å². The minimum atomic E-state index is 0.246. The van der Waals surface area contributed by atoms with Crippen molar-refractivity contribution in [1.82, 2.24) is 5.32 Å². The Labute approximate surface area is 56.3 Å². The molecule has 0 aromatic carbocycles. The van der Waals surface area contributed by atoms with Gasteiger partial charge in [0, 0.05) is 5.37 Å². The molecule has 0 saturated heterocycles. The van der Waals surface area contributed by atoms with E-state index >= 15 is 0 Å². The van der Waals surface area contributed by atoms with E-state index in [0.717, 1.165) is 6.54 Å². The van der Waals surface area contributed by atoms with Gasteiger partial charge in [-0.3, -0.25) is 5.32 Å². The molecule has 0 aliphatic carbocycles. The summed E-state index contributed by atoms with van der Waals surface area (Å²) in [5.41, 5.74) is 0. The molecule has 0 rings (SSSR count). The van der Waals surface area contributed by atoms with Crippen LogP contribution < -0.4 is 5.32 Å². The smallest absolute Gasteiger partial charge is 0.0584 e. The van der Waals surface area contributed by atoms with Crippen molar-refractivity contribution in [3.05, 3.63) is 0 Å². The standard InChI is InChI=1S/C6H11NS/c1-3-4-5-7-6(2)8/h6-8H,5H2,1-2H3. The first-order chi connectivity index (χ1) is 3.77. The third-order valence-corrected chi connectivity index (χ3v) is 0.845. The molecule has 0 aromatic rings. The molecule has 0 aliphatic rings. The number of nitrogens with one attached hydrogen (secondary N) is 1. The minimum absolute atomic E-state index is 0.246. The third-order valence-electron chi connectivity index (χ3n) is 0.663. The Morgan fingerprint density at radius 2 is 2.38 bits per heavy atom. The van der Waals surface area contributed by atoms with Crippen LogP contribution in [-0.2, 0) is 0 Å². The number of hydrogen-bond acceptors (Lipinski definition) is 2. The Morgan fingerprint density at radius 1 is 1.75 bits per heavy atom. The van der Waals surface area contributed by atoms with Crippen molar-refractivity contribution in [2.45, 2.75) is 19.2 Å². The fraction of sp³-hybridized carbons (Fsp3) is 0.667. The lowest BCUT2D eigenvalue weighted by Gasteiger charge is -1.99. The highest BCUT2D eigenvalue weighted by atomic mass is 32.1. The molecule has 8 heavy (non-hydrogen) atoms. The zero-order valence-electron chi connectivity index (χ0n) is 5.23. The molecule has 0 radical (unpaired) electrons. The van der Waals surface area contributed by atoms with Gasteiger partial charge in [-0.1, -0.05) is 5.92 Å². The lowest BCUT2D eigenvalue weighted by atomic mass is 10.6. The van der Waals surface area contributed by atoms with Gasteiger partial charge in [-0.2, -0.15) is 12.6 Å². The van der Waals surface area contributed by atoms with E-state index in [1.165, 1.54) is 0 Å². The molecule has 0 bridgehead atoms. The molecule has 0 aliphatic heterocycles. The molecule has 46 valence electrons. The van der Waals surface area contributed by atoms with Crippen LogP contribution >= 0.6 is 12.6 Å². The quantitative estimate of drug-likeness (QED) is 0.320. The topological polar surface area (TPSA) is 12.0 Å². The van der Waals surface area contributed by atoms with Gasteiger partial charge in [0.15, 0.2) is 0 Å². The van der Waals surface area contributed by atoms with E-state index in [-0.39, 0.29) is 5.37 Å². The van der Waals surface area contributed by atoms with Gasteiger partial charge < -0.3 is 0 Å². The average Bonchev–Trinajstić information content (AvgIpc) is 1.66. The summed E-state index contributed by atoms with van der Waals surface area (Å²) in [5.74, 6) is 5.65. The van der Waals surface area contributed by atoms with E-state index in [2.05, 4.69) is 29.8 Å². The highest BCUT2D eigenvalue weighted by molar-refractivity contribution is 7.80. The van der Waals surface area contributed by atoms with E-state index in [1.807, 2.05) is 13.8 Å². The Morgan fingerprint density at radius 3 is 2.75 bits per heavy atom. The van der Waals surface area contributed by atoms with Crippen LogP contribution in [0.2, 0.25) is 0 Å². The fourth-order valence-corrected chi connectivity index (χ4v) is 0.378. The fourth-order valence-electron chi connectivity index (χ4n) is 0.287. The number of thiol groups is 1. The molecule has 0 spiro atoms. The molecule has 1 unspecified atom stereocenters. The summed E-state index contributed by atoms with van der Waals surface area (Å²) in [6.45, 7) is 4.53. The predicted molar refractivity (Wildman–Crippen MR) is 39.9 cm³/mol. The second-order valence-corrected chi connectivity index (χ2v) is 2.26. The summed E-state index contributed by atoms with van der Waals surface area (Å²) in [5, 5.41) is 3.28. The lowest BCUT2D eigenvalue weighted by molar-refractivity contribution is 0.766. The highest BCUT2D eigenvalue weighted by Gasteiger charge is 1.85. The normalized spacial score (nSPS) is 11.9. The van der Waals surface area contributed by atoms with E-state index in [9.17, 15) is 0 Å². The molecule has 1 atom stereocenters. The molecule has 0 amide bonds. The monoisotopic (exact) mass is 129 g/mol. The second-order valence-electron chi connectivity index (χ2n) is 1.48. The zero-order valence-corrected chi connectivity index (χ0v) is 6.13. The van der Waals surface area contributed by atoms with Gasteiger partial charge in [0.2, 0.25) is 0 Å². The van der Waals surface area contributed by atoms with Crippen molar-refractivity contribution in [3.8, 4) is 11.8 Å². The van der Waals surface area contributed by atoms with Crippen LogP contribution in [0, 0.1) is 11.8 Å². The van der Waals surface area contributed by atoms with Crippen LogP contribution in [0.15, 0.2) is 0 Å². The molecular weight excluding hydrogens is 118 g/mol. The van der Waals surface area contributed by atoms with Gasteiger partial charge in [-0.05, 0) is 13.8 Å². The van der Waals surface area contributed by atoms with Crippen molar-refractivity contribution in [2.24, 2.45) is 0 Å². The maximum atomic E-state index is 4.09. The van der Waals surface area contributed by atoms with Crippen LogP contribution in [0.25, 0.3) is 0 Å². The van der Waals surface area contributed by atoms with E-state index in [1.54, 1.807) is 0 Å². The van der Waals surface area contributed by atoms with Crippen molar-refractivity contribution in [2.75, 3.05) is 6.54 Å². The van der Waals surface area contributed by atoms with Crippen LogP contribution in [-0.4, -0.2) is 11.9 Å². The second kappa shape index (κ2) is 5.02. The average molecular weight is 129 g/mol. The first-order valence-electron chi connectivity index (χ1n) is 2.58. The summed E-state index contributed by atoms with van der Waals surface area (Å²) in [6, 6.07) is 0. The Balaban J connectivity index is 3.01. The molecule has 0 aromatic heterocycles. The lowest BCUT2D eigenvalue weighted by Crippen LogP contribution is -2.20. The molecule has 0 saturated carbocycles. The van der Waals surface area contributed by atoms with E-state index in [4.69, 9.17) is 0 Å². The molecule has 0 heterocycles. The summed E-state index contributed by atoms with van der Waals surface area (Å²) < 4.78 is 0. The van der Waals surface area contributed by atoms with Gasteiger partial charge in [-0.25, -0.2) is 0 Å². The predicted octanol–water partition coefficient (Wildman–Crippen LogP) is 0.875. The van der Waals surface area contributed by atoms with Gasteiger partial charge in [-0.15, -0.1) is 5.92 Å². The van der Waals surface area contributed by atoms with Gasteiger partial charge >= 0.3 is 0 Å². The van der Waals surface area contributed by atoms with E-state index in [0.29, 0.717) is 0 Å². The van der Waals surface area contributed by atoms with Crippen molar-refractivity contribution >= 4 is 12.6 Å². The van der Waals surface area contributed by atoms with Gasteiger partial charge in [0.05, 0.1) is 6.54 Å². The highest BCUT2D eigenvalue weighted by Crippen LogP contribution is 1.82. The summed E-state index contributed by atoms with van der Waals surface area (Å²) in [6.07, 6.45) is 0. The SMILES string of the molecule is CC#CCNC(C)S. The van der Waals surface area contributed by atoms with Crippen molar-refractivity contribution in [3.63, 3.8) is 0 Å². The summed E-state index contributed by atoms with van der Waals surface area (Å²) >= 11 is 4.09. The molecule has 1 nitrogen and oxygen atoms in total. The van der Waals surface area contributed by atoms with Crippen LogP contribution in [0.4, 0.5) is 0 Å². The Hall–Kier alpha value is -0.130. The van der Waals surface area contributed by atoms with Gasteiger partial charge in [0.1, 0.15) is 0 Å². The number of hydrogen-bond donors (Lipinski definition) is 2. The molecule has 0 fully saturated rings. The summed E-state index contributed by atoms with van der Waals surface area (Å²) in [4.78, 5) is 0. The minimum Gasteiger partial charge on any atom is -0.295 e. The van der Waals surface area contributed by atoms with Crippen LogP contribution in [0.3, 0.4) is 0 Å². The zero-order chi connectivity index (χ0) is 6.41. The van der Waals surface area contributed by atoms with Crippen molar-refractivity contribution in [1.29, 1.82) is 0 Å². The Kier molecular flexibility index (Phi) is 4.93. The largest absolute Gasteiger partial charge is 0.295 e. The van der Waals surface area contributed by atoms with Crippen LogP contribution in [0.1, 0.15) is 13.8 Å². The number of rotatable bonds is 2. The van der Waals surface area contributed by atoms with E-state index < -0.39 is 0 Å². The molecule has 1 N–H and O–H groups in total. The molecule has 2 heteroatoms. The first kappa shape index (κ1) is 7.87. The third kappa shape index (κ3) is 5.87. The maximum Gasteiger partial charge on any atom is 0.0584 e.